The molecule has 0 atom stereocenters. The van der Waals surface area contributed by atoms with Crippen LogP contribution in [0, 0.1) is 5.82 Å². The number of hydrogen-bond donors (Lipinski definition) is 2. The average molecular weight is 268 g/mol. The molecule has 0 aromatic heterocycles. The van der Waals surface area contributed by atoms with E-state index in [-0.39, 0.29) is 5.70 Å². The largest absolute Gasteiger partial charge is 0.398 e. The molecule has 1 aliphatic rings. The zero-order chi connectivity index (χ0) is 13.5. The highest BCUT2D eigenvalue weighted by atomic mass is 32.2. The maximum Gasteiger partial charge on any atom is 0.257 e. The Hall–Kier alpha value is -1.82. The second-order valence-corrected chi connectivity index (χ2v) is 5.86. The Bertz CT molecular complexity index is 672. The minimum atomic E-state index is -3.58. The van der Waals surface area contributed by atoms with Gasteiger partial charge in [0.15, 0.2) is 0 Å². The number of benzene rings is 1. The molecule has 18 heavy (non-hydrogen) atoms. The summed E-state index contributed by atoms with van der Waals surface area (Å²) in [4.78, 5) is 0. The third kappa shape index (κ3) is 2.24. The summed E-state index contributed by atoms with van der Waals surface area (Å²) in [5.41, 5.74) is 7.61. The smallest absolute Gasteiger partial charge is 0.257 e. The van der Waals surface area contributed by atoms with Crippen LogP contribution in [0.15, 0.2) is 23.1 Å². The number of anilines is 1. The van der Waals surface area contributed by atoms with Gasteiger partial charge in [0, 0.05) is 11.1 Å². The van der Waals surface area contributed by atoms with Gasteiger partial charge >= 0.3 is 0 Å². The Labute approximate surface area is 105 Å². The van der Waals surface area contributed by atoms with Crippen LogP contribution in [0.5, 0.6) is 0 Å². The van der Waals surface area contributed by atoms with Crippen LogP contribution in [-0.2, 0) is 10.0 Å². The van der Waals surface area contributed by atoms with Gasteiger partial charge in [-0.1, -0.05) is 11.6 Å². The molecule has 0 unspecified atom stereocenters. The van der Waals surface area contributed by atoms with Gasteiger partial charge in [-0.25, -0.2) is 12.8 Å². The fourth-order valence-corrected chi connectivity index (χ4v) is 2.82. The molecule has 1 aliphatic heterocycles. The molecule has 3 N–H and O–H groups in total. The highest BCUT2D eigenvalue weighted by molar-refractivity contribution is 7.95. The monoisotopic (exact) mass is 268 g/mol. The van der Waals surface area contributed by atoms with Gasteiger partial charge in [0.1, 0.15) is 5.82 Å². The zero-order valence-corrected chi connectivity index (χ0v) is 10.8. The number of hydrogen-bond acceptors (Lipinski definition) is 3. The van der Waals surface area contributed by atoms with Crippen molar-refractivity contribution in [1.29, 1.82) is 0 Å². The lowest BCUT2D eigenvalue weighted by molar-refractivity contribution is 0.608. The Morgan fingerprint density at radius 2 is 2.06 bits per heavy atom. The van der Waals surface area contributed by atoms with E-state index in [9.17, 15) is 12.8 Å². The molecule has 0 aliphatic carbocycles. The number of nitrogens with one attached hydrogen (secondary N) is 1. The number of rotatable bonds is 1. The van der Waals surface area contributed by atoms with Crippen molar-refractivity contribution in [1.82, 2.24) is 0 Å². The molecule has 0 saturated heterocycles. The molecule has 6 heteroatoms. The van der Waals surface area contributed by atoms with Crippen LogP contribution in [0.3, 0.4) is 0 Å². The van der Waals surface area contributed by atoms with Crippen LogP contribution in [0.1, 0.15) is 25.0 Å². The minimum absolute atomic E-state index is 0.0377. The molecule has 4 nitrogen and oxygen atoms in total. The van der Waals surface area contributed by atoms with Gasteiger partial charge in [-0.2, -0.15) is 0 Å². The molecule has 0 radical (unpaired) electrons. The van der Waals surface area contributed by atoms with E-state index in [1.165, 1.54) is 12.1 Å². The predicted octanol–water partition coefficient (Wildman–Crippen LogP) is 2.26. The molecule has 2 rings (SSSR count). The lowest BCUT2D eigenvalue weighted by Gasteiger charge is -2.19. The van der Waals surface area contributed by atoms with Gasteiger partial charge in [-0.05, 0) is 26.0 Å². The number of allylic oxidation sites excluding steroid dienone is 1. The third-order valence-corrected chi connectivity index (χ3v) is 3.52. The first-order valence-electron chi connectivity index (χ1n) is 5.28. The summed E-state index contributed by atoms with van der Waals surface area (Å²) in [6.07, 6.45) is 1.63. The molecule has 0 fully saturated rings. The SMILES string of the molecule is CC(C)=Cc1c(F)ccc2c1C(N)=CS(=O)(=O)N2. The van der Waals surface area contributed by atoms with Crippen molar-refractivity contribution in [3.63, 3.8) is 0 Å². The highest BCUT2D eigenvalue weighted by Crippen LogP contribution is 2.33. The van der Waals surface area contributed by atoms with Crippen LogP contribution in [-0.4, -0.2) is 8.42 Å². The number of fused-ring (bicyclic) bond motifs is 1. The molecular formula is C12H13FN2O2S. The molecule has 1 aromatic carbocycles. The Morgan fingerprint density at radius 3 is 2.67 bits per heavy atom. The molecule has 0 spiro atoms. The van der Waals surface area contributed by atoms with E-state index in [1.807, 2.05) is 13.8 Å². The molecule has 96 valence electrons. The van der Waals surface area contributed by atoms with Crippen molar-refractivity contribution < 1.29 is 12.8 Å². The second-order valence-electron chi connectivity index (χ2n) is 4.33. The molecule has 0 saturated carbocycles. The van der Waals surface area contributed by atoms with E-state index < -0.39 is 15.8 Å². The van der Waals surface area contributed by atoms with Crippen LogP contribution in [0.4, 0.5) is 10.1 Å². The van der Waals surface area contributed by atoms with Crippen LogP contribution in [0.25, 0.3) is 11.8 Å². The summed E-state index contributed by atoms with van der Waals surface area (Å²) in [7, 11) is -3.58. The van der Waals surface area contributed by atoms with Crippen LogP contribution in [0.2, 0.25) is 0 Å². The topological polar surface area (TPSA) is 72.2 Å². The molecule has 0 amide bonds. The molecule has 1 aromatic rings. The molecule has 0 bridgehead atoms. The first-order valence-corrected chi connectivity index (χ1v) is 6.82. The van der Waals surface area contributed by atoms with Crippen molar-refractivity contribution in [3.05, 3.63) is 40.1 Å². The maximum atomic E-state index is 13.8. The lowest BCUT2D eigenvalue weighted by Crippen LogP contribution is -2.19. The van der Waals surface area contributed by atoms with Gasteiger partial charge in [0.2, 0.25) is 0 Å². The Kier molecular flexibility index (Phi) is 2.90. The summed E-state index contributed by atoms with van der Waals surface area (Å²) in [5, 5.41) is 0.900. The quantitative estimate of drug-likeness (QED) is 0.820. The fourth-order valence-electron chi connectivity index (χ4n) is 1.83. The lowest BCUT2D eigenvalue weighted by atomic mass is 10.0. The predicted molar refractivity (Wildman–Crippen MR) is 70.4 cm³/mol. The third-order valence-electron chi connectivity index (χ3n) is 2.45. The zero-order valence-electron chi connectivity index (χ0n) is 9.99. The van der Waals surface area contributed by atoms with Crippen molar-refractivity contribution in [2.45, 2.75) is 13.8 Å². The Balaban J connectivity index is 2.77. The first-order chi connectivity index (χ1) is 8.30. The van der Waals surface area contributed by atoms with Crippen LogP contribution < -0.4 is 10.5 Å². The van der Waals surface area contributed by atoms with E-state index in [4.69, 9.17) is 5.73 Å². The van der Waals surface area contributed by atoms with Gasteiger partial charge in [-0.3, -0.25) is 4.72 Å². The summed E-state index contributed by atoms with van der Waals surface area (Å²) in [6.45, 7) is 3.65. The van der Waals surface area contributed by atoms with E-state index in [2.05, 4.69) is 4.72 Å². The summed E-state index contributed by atoms with van der Waals surface area (Å²) in [5.74, 6) is -0.438. The molecular weight excluding hydrogens is 255 g/mol. The van der Waals surface area contributed by atoms with E-state index in [0.717, 1.165) is 11.0 Å². The molecule has 1 heterocycles. The van der Waals surface area contributed by atoms with E-state index >= 15 is 0 Å². The summed E-state index contributed by atoms with van der Waals surface area (Å²) < 4.78 is 39.1. The number of sulfonamides is 1. The van der Waals surface area contributed by atoms with Crippen molar-refractivity contribution >= 4 is 27.5 Å². The number of nitrogens with two attached hydrogens (primary N) is 1. The van der Waals surface area contributed by atoms with Gasteiger partial charge < -0.3 is 5.73 Å². The van der Waals surface area contributed by atoms with E-state index in [1.54, 1.807) is 6.08 Å². The van der Waals surface area contributed by atoms with Gasteiger partial charge in [0.25, 0.3) is 10.0 Å². The highest BCUT2D eigenvalue weighted by Gasteiger charge is 2.23. The van der Waals surface area contributed by atoms with Crippen molar-refractivity contribution in [3.8, 4) is 0 Å². The standard InChI is InChI=1S/C12H13FN2O2S/c1-7(2)5-8-9(13)3-4-11-12(8)10(14)6-18(16,17)15-11/h3-6,15H,14H2,1-2H3. The van der Waals surface area contributed by atoms with Gasteiger partial charge in [-0.15, -0.1) is 0 Å². The van der Waals surface area contributed by atoms with Crippen LogP contribution >= 0.6 is 0 Å². The average Bonchev–Trinajstić information content (AvgIpc) is 2.20. The van der Waals surface area contributed by atoms with Crippen molar-refractivity contribution in [2.24, 2.45) is 5.73 Å². The minimum Gasteiger partial charge on any atom is -0.398 e. The fraction of sp³-hybridized carbons (Fsp3) is 0.167. The summed E-state index contributed by atoms with van der Waals surface area (Å²) >= 11 is 0. The van der Waals surface area contributed by atoms with E-state index in [0.29, 0.717) is 16.8 Å². The number of halogens is 1. The van der Waals surface area contributed by atoms with Crippen molar-refractivity contribution in [2.75, 3.05) is 4.72 Å². The second kappa shape index (κ2) is 4.13. The first kappa shape index (κ1) is 12.6. The van der Waals surface area contributed by atoms with Gasteiger partial charge in [0.05, 0.1) is 16.8 Å². The maximum absolute atomic E-state index is 13.8. The normalized spacial score (nSPS) is 16.3. The summed E-state index contributed by atoms with van der Waals surface area (Å²) in [6, 6.07) is 2.58. The Morgan fingerprint density at radius 1 is 1.39 bits per heavy atom.